The van der Waals surface area contributed by atoms with Crippen LogP contribution in [0.25, 0.3) is 0 Å². The van der Waals surface area contributed by atoms with E-state index in [0.29, 0.717) is 6.04 Å². The molecule has 1 saturated heterocycles. The van der Waals surface area contributed by atoms with Crippen LogP contribution in [0.5, 0.6) is 0 Å². The third-order valence-electron chi connectivity index (χ3n) is 4.41. The van der Waals surface area contributed by atoms with Crippen molar-refractivity contribution < 1.29 is 14.5 Å². The van der Waals surface area contributed by atoms with Crippen molar-refractivity contribution in [3.63, 3.8) is 0 Å². The minimum atomic E-state index is -0.629. The van der Waals surface area contributed by atoms with Gasteiger partial charge in [-0.05, 0) is 44.2 Å². The first kappa shape index (κ1) is 13.9. The highest BCUT2D eigenvalue weighted by Crippen LogP contribution is 2.41. The largest absolute Gasteiger partial charge is 0.462 e. The summed E-state index contributed by atoms with van der Waals surface area (Å²) >= 11 is 0. The number of hydrogen-bond donors (Lipinski definition) is 0. The van der Waals surface area contributed by atoms with Gasteiger partial charge in [0, 0.05) is 24.3 Å². The molecule has 2 atom stereocenters. The van der Waals surface area contributed by atoms with Gasteiger partial charge in [0.1, 0.15) is 5.56 Å². The molecule has 6 heteroatoms. The molecule has 2 unspecified atom stereocenters. The molecular formula is C15H18N2O4. The van der Waals surface area contributed by atoms with E-state index < -0.39 is 10.9 Å². The monoisotopic (exact) mass is 290 g/mol. The normalized spacial score (nSPS) is 23.4. The summed E-state index contributed by atoms with van der Waals surface area (Å²) in [4.78, 5) is 24.8. The first-order chi connectivity index (χ1) is 10.1. The Morgan fingerprint density at radius 3 is 2.86 bits per heavy atom. The van der Waals surface area contributed by atoms with Gasteiger partial charge in [-0.15, -0.1) is 0 Å². The predicted octanol–water partition coefficient (Wildman–Crippen LogP) is 2.76. The lowest BCUT2D eigenvalue weighted by atomic mass is 10.1. The minimum absolute atomic E-state index is 0.0436. The van der Waals surface area contributed by atoms with Gasteiger partial charge in [0.2, 0.25) is 0 Å². The van der Waals surface area contributed by atoms with E-state index in [9.17, 15) is 14.9 Å². The van der Waals surface area contributed by atoms with Crippen LogP contribution in [0, 0.1) is 16.0 Å². The van der Waals surface area contributed by atoms with Gasteiger partial charge in [-0.1, -0.05) is 0 Å². The maximum atomic E-state index is 12.0. The predicted molar refractivity (Wildman–Crippen MR) is 77.5 cm³/mol. The fourth-order valence-electron chi connectivity index (χ4n) is 3.48. The second-order valence-electron chi connectivity index (χ2n) is 5.66. The number of ether oxygens (including phenoxy) is 1. The molecular weight excluding hydrogens is 272 g/mol. The number of nitro benzene ring substituents is 1. The van der Waals surface area contributed by atoms with Crippen molar-refractivity contribution in [3.8, 4) is 0 Å². The van der Waals surface area contributed by atoms with Gasteiger partial charge in [-0.25, -0.2) is 4.79 Å². The summed E-state index contributed by atoms with van der Waals surface area (Å²) in [5, 5.41) is 11.1. The molecule has 0 N–H and O–H groups in total. The molecule has 0 radical (unpaired) electrons. The lowest BCUT2D eigenvalue weighted by Gasteiger charge is -2.29. The highest BCUT2D eigenvalue weighted by molar-refractivity contribution is 5.95. The van der Waals surface area contributed by atoms with Gasteiger partial charge >= 0.3 is 5.97 Å². The van der Waals surface area contributed by atoms with E-state index in [1.165, 1.54) is 18.9 Å². The molecule has 0 amide bonds. The lowest BCUT2D eigenvalue weighted by Crippen LogP contribution is -2.32. The van der Waals surface area contributed by atoms with Crippen molar-refractivity contribution in [2.75, 3.05) is 18.1 Å². The highest BCUT2D eigenvalue weighted by Gasteiger charge is 2.38. The Labute approximate surface area is 122 Å². The molecule has 1 aromatic rings. The van der Waals surface area contributed by atoms with Crippen LogP contribution in [-0.4, -0.2) is 30.1 Å². The van der Waals surface area contributed by atoms with E-state index in [4.69, 9.17) is 4.74 Å². The number of nitro groups is 1. The molecule has 2 aliphatic rings. The Kier molecular flexibility index (Phi) is 3.53. The molecule has 0 spiro atoms. The number of esters is 1. The van der Waals surface area contributed by atoms with E-state index >= 15 is 0 Å². The van der Waals surface area contributed by atoms with Crippen LogP contribution in [0.3, 0.4) is 0 Å². The number of hydrogen-bond acceptors (Lipinski definition) is 5. The molecule has 6 nitrogen and oxygen atoms in total. The first-order valence-corrected chi connectivity index (χ1v) is 7.32. The second kappa shape index (κ2) is 5.35. The molecule has 3 rings (SSSR count). The summed E-state index contributed by atoms with van der Waals surface area (Å²) < 4.78 is 4.94. The van der Waals surface area contributed by atoms with Crippen molar-refractivity contribution in [1.29, 1.82) is 0 Å². The van der Waals surface area contributed by atoms with E-state index in [-0.39, 0.29) is 17.9 Å². The number of piperidine rings is 1. The summed E-state index contributed by atoms with van der Waals surface area (Å²) in [6, 6.07) is 5.26. The minimum Gasteiger partial charge on any atom is -0.462 e. The lowest BCUT2D eigenvalue weighted by molar-refractivity contribution is -0.385. The van der Waals surface area contributed by atoms with Crippen LogP contribution < -0.4 is 4.90 Å². The van der Waals surface area contributed by atoms with E-state index in [1.54, 1.807) is 19.1 Å². The third kappa shape index (κ3) is 2.46. The molecule has 0 aromatic heterocycles. The Morgan fingerprint density at radius 1 is 1.48 bits per heavy atom. The number of nitrogens with zero attached hydrogens (tertiary/aromatic N) is 2. The van der Waals surface area contributed by atoms with Crippen LogP contribution in [0.15, 0.2) is 18.2 Å². The van der Waals surface area contributed by atoms with Gasteiger partial charge in [-0.3, -0.25) is 10.1 Å². The maximum absolute atomic E-state index is 12.0. The maximum Gasteiger partial charge on any atom is 0.345 e. The SMILES string of the molecule is CCOC(=O)c1cc(N2CC3CCC2C3)ccc1[N+](=O)[O-]. The van der Waals surface area contributed by atoms with Crippen LogP contribution in [0.1, 0.15) is 36.5 Å². The van der Waals surface area contributed by atoms with Crippen molar-refractivity contribution in [2.45, 2.75) is 32.2 Å². The van der Waals surface area contributed by atoms with Crippen LogP contribution >= 0.6 is 0 Å². The zero-order valence-electron chi connectivity index (χ0n) is 11.9. The summed E-state index contributed by atoms with van der Waals surface area (Å²) in [5.74, 6) is 0.0895. The molecule has 1 aromatic carbocycles. The van der Waals surface area contributed by atoms with E-state index in [0.717, 1.165) is 24.6 Å². The van der Waals surface area contributed by atoms with Crippen molar-refractivity contribution >= 4 is 17.3 Å². The molecule has 1 aliphatic carbocycles. The second-order valence-corrected chi connectivity index (χ2v) is 5.66. The van der Waals surface area contributed by atoms with Crippen molar-refractivity contribution in [3.05, 3.63) is 33.9 Å². The van der Waals surface area contributed by atoms with E-state index in [2.05, 4.69) is 4.90 Å². The molecule has 1 saturated carbocycles. The Hall–Kier alpha value is -2.11. The van der Waals surface area contributed by atoms with Gasteiger partial charge in [0.15, 0.2) is 0 Å². The topological polar surface area (TPSA) is 72.7 Å². The molecule has 1 heterocycles. The summed E-state index contributed by atoms with van der Waals surface area (Å²) in [5.41, 5.74) is 0.736. The van der Waals surface area contributed by atoms with Gasteiger partial charge in [-0.2, -0.15) is 0 Å². The smallest absolute Gasteiger partial charge is 0.345 e. The number of carbonyl (C=O) groups is 1. The Bertz CT molecular complexity index is 587. The fraction of sp³-hybridized carbons (Fsp3) is 0.533. The standard InChI is InChI=1S/C15H18N2O4/c1-2-21-15(18)13-8-12(5-6-14(13)17(19)20)16-9-10-3-4-11(16)7-10/h5-6,8,10-11H,2-4,7,9H2,1H3. The average molecular weight is 290 g/mol. The average Bonchev–Trinajstić information content (AvgIpc) is 3.09. The number of rotatable bonds is 4. The molecule has 21 heavy (non-hydrogen) atoms. The number of benzene rings is 1. The molecule has 1 aliphatic heterocycles. The number of fused-ring (bicyclic) bond motifs is 2. The number of anilines is 1. The third-order valence-corrected chi connectivity index (χ3v) is 4.41. The Balaban J connectivity index is 1.94. The first-order valence-electron chi connectivity index (χ1n) is 7.32. The van der Waals surface area contributed by atoms with Crippen LogP contribution in [0.2, 0.25) is 0 Å². The van der Waals surface area contributed by atoms with Crippen molar-refractivity contribution in [1.82, 2.24) is 0 Å². The fourth-order valence-corrected chi connectivity index (χ4v) is 3.48. The summed E-state index contributed by atoms with van der Waals surface area (Å²) in [6.07, 6.45) is 3.61. The van der Waals surface area contributed by atoms with Gasteiger partial charge < -0.3 is 9.64 Å². The van der Waals surface area contributed by atoms with Crippen LogP contribution in [-0.2, 0) is 4.74 Å². The van der Waals surface area contributed by atoms with Crippen LogP contribution in [0.4, 0.5) is 11.4 Å². The van der Waals surface area contributed by atoms with E-state index in [1.807, 2.05) is 0 Å². The highest BCUT2D eigenvalue weighted by atomic mass is 16.6. The van der Waals surface area contributed by atoms with Crippen molar-refractivity contribution in [2.24, 2.45) is 5.92 Å². The zero-order valence-corrected chi connectivity index (χ0v) is 11.9. The molecule has 112 valence electrons. The molecule has 2 bridgehead atoms. The Morgan fingerprint density at radius 2 is 2.29 bits per heavy atom. The summed E-state index contributed by atoms with van der Waals surface area (Å²) in [7, 11) is 0. The zero-order chi connectivity index (χ0) is 15.0. The number of carbonyl (C=O) groups excluding carboxylic acids is 1. The quantitative estimate of drug-likeness (QED) is 0.484. The summed E-state index contributed by atoms with van der Waals surface area (Å²) in [6.45, 7) is 2.87. The van der Waals surface area contributed by atoms with Gasteiger partial charge in [0.25, 0.3) is 5.69 Å². The molecule has 2 fully saturated rings. The van der Waals surface area contributed by atoms with Gasteiger partial charge in [0.05, 0.1) is 11.5 Å².